The van der Waals surface area contributed by atoms with Gasteiger partial charge < -0.3 is 15.0 Å². The van der Waals surface area contributed by atoms with Gasteiger partial charge in [0.05, 0.1) is 12.7 Å². The molecule has 0 heterocycles. The maximum absolute atomic E-state index is 12.3. The van der Waals surface area contributed by atoms with E-state index in [9.17, 15) is 14.4 Å². The van der Waals surface area contributed by atoms with Gasteiger partial charge in [-0.15, -0.1) is 0 Å². The Hall–Kier alpha value is -3.15. The van der Waals surface area contributed by atoms with Crippen LogP contribution in [0.4, 0.5) is 5.69 Å². The summed E-state index contributed by atoms with van der Waals surface area (Å²) in [5, 5.41) is 2.72. The van der Waals surface area contributed by atoms with Crippen molar-refractivity contribution in [3.05, 3.63) is 65.2 Å². The predicted molar refractivity (Wildman–Crippen MR) is 98.7 cm³/mol. The summed E-state index contributed by atoms with van der Waals surface area (Å²) in [5.74, 6) is -0.926. The van der Waals surface area contributed by atoms with E-state index in [2.05, 4.69) is 10.1 Å². The summed E-state index contributed by atoms with van der Waals surface area (Å²) < 4.78 is 4.63. The molecule has 26 heavy (non-hydrogen) atoms. The van der Waals surface area contributed by atoms with Gasteiger partial charge in [0.15, 0.2) is 0 Å². The average molecular weight is 354 g/mol. The van der Waals surface area contributed by atoms with Crippen LogP contribution in [0.25, 0.3) is 0 Å². The summed E-state index contributed by atoms with van der Waals surface area (Å²) in [4.78, 5) is 37.0. The van der Waals surface area contributed by atoms with Gasteiger partial charge in [0.1, 0.15) is 6.54 Å². The third-order valence-corrected chi connectivity index (χ3v) is 3.83. The molecule has 0 saturated heterocycles. The Morgan fingerprint density at radius 2 is 1.77 bits per heavy atom. The summed E-state index contributed by atoms with van der Waals surface area (Å²) in [7, 11) is 1.31. The van der Waals surface area contributed by atoms with E-state index in [1.807, 2.05) is 31.2 Å². The first-order valence-electron chi connectivity index (χ1n) is 8.18. The third-order valence-electron chi connectivity index (χ3n) is 3.83. The minimum atomic E-state index is -0.441. The number of nitrogens with one attached hydrogen (secondary N) is 1. The zero-order chi connectivity index (χ0) is 19.1. The van der Waals surface area contributed by atoms with Crippen LogP contribution in [-0.4, -0.2) is 36.3 Å². The number of carbonyl (C=O) groups excluding carboxylic acids is 3. The zero-order valence-corrected chi connectivity index (χ0v) is 15.1. The Balaban J connectivity index is 1.99. The predicted octanol–water partition coefficient (Wildman–Crippen LogP) is 2.77. The standard InChI is InChI=1S/C20H22N2O4/c1-14-5-4-6-16(11-14)12-22(15(2)23)13-19(24)21-18-9-7-17(8-10-18)20(25)26-3/h4-11H,12-13H2,1-3H3,(H,21,24). The van der Waals surface area contributed by atoms with E-state index in [4.69, 9.17) is 0 Å². The fraction of sp³-hybridized carbons (Fsp3) is 0.250. The van der Waals surface area contributed by atoms with Crippen LogP contribution in [0.15, 0.2) is 48.5 Å². The molecule has 0 radical (unpaired) electrons. The molecule has 0 saturated carbocycles. The number of benzene rings is 2. The van der Waals surface area contributed by atoms with Crippen molar-refractivity contribution in [3.63, 3.8) is 0 Å². The van der Waals surface area contributed by atoms with E-state index in [-0.39, 0.29) is 18.4 Å². The van der Waals surface area contributed by atoms with Crippen molar-refractivity contribution < 1.29 is 19.1 Å². The smallest absolute Gasteiger partial charge is 0.337 e. The molecule has 0 aliphatic carbocycles. The van der Waals surface area contributed by atoms with Crippen LogP contribution in [-0.2, 0) is 20.9 Å². The van der Waals surface area contributed by atoms with Crippen molar-refractivity contribution in [2.24, 2.45) is 0 Å². The van der Waals surface area contributed by atoms with E-state index in [1.165, 1.54) is 18.9 Å². The topological polar surface area (TPSA) is 75.7 Å². The Morgan fingerprint density at radius 1 is 1.08 bits per heavy atom. The first kappa shape index (κ1) is 19.2. The molecule has 2 aromatic rings. The maximum atomic E-state index is 12.3. The lowest BCUT2D eigenvalue weighted by Crippen LogP contribution is -2.36. The van der Waals surface area contributed by atoms with Crippen molar-refractivity contribution in [3.8, 4) is 0 Å². The summed E-state index contributed by atoms with van der Waals surface area (Å²) in [5.41, 5.74) is 3.01. The number of hydrogen-bond donors (Lipinski definition) is 1. The second kappa shape index (κ2) is 8.80. The fourth-order valence-electron chi connectivity index (χ4n) is 2.49. The highest BCUT2D eigenvalue weighted by Gasteiger charge is 2.15. The van der Waals surface area contributed by atoms with Gasteiger partial charge in [-0.2, -0.15) is 0 Å². The highest BCUT2D eigenvalue weighted by molar-refractivity contribution is 5.95. The zero-order valence-electron chi connectivity index (χ0n) is 15.1. The van der Waals surface area contributed by atoms with Crippen LogP contribution < -0.4 is 5.32 Å². The molecule has 0 aromatic heterocycles. The summed E-state index contributed by atoms with van der Waals surface area (Å²) in [6.07, 6.45) is 0. The van der Waals surface area contributed by atoms with Crippen LogP contribution in [0, 0.1) is 6.92 Å². The van der Waals surface area contributed by atoms with E-state index < -0.39 is 5.97 Å². The van der Waals surface area contributed by atoms with Gasteiger partial charge in [0.2, 0.25) is 11.8 Å². The number of ether oxygens (including phenoxy) is 1. The number of methoxy groups -OCH3 is 1. The molecule has 1 N–H and O–H groups in total. The number of rotatable bonds is 6. The molecule has 6 heteroatoms. The van der Waals surface area contributed by atoms with Crippen LogP contribution in [0.1, 0.15) is 28.4 Å². The molecular weight excluding hydrogens is 332 g/mol. The normalized spacial score (nSPS) is 10.1. The number of esters is 1. The Morgan fingerprint density at radius 3 is 2.35 bits per heavy atom. The lowest BCUT2D eigenvalue weighted by Gasteiger charge is -2.21. The molecular formula is C20H22N2O4. The molecule has 136 valence electrons. The number of nitrogens with zero attached hydrogens (tertiary/aromatic N) is 1. The number of hydrogen-bond acceptors (Lipinski definition) is 4. The second-order valence-corrected chi connectivity index (χ2v) is 5.98. The molecule has 2 aromatic carbocycles. The van der Waals surface area contributed by atoms with E-state index in [0.717, 1.165) is 11.1 Å². The quantitative estimate of drug-likeness (QED) is 0.810. The lowest BCUT2D eigenvalue weighted by molar-refractivity contribution is -0.133. The summed E-state index contributed by atoms with van der Waals surface area (Å²) >= 11 is 0. The Kier molecular flexibility index (Phi) is 6.49. The monoisotopic (exact) mass is 354 g/mol. The number of carbonyl (C=O) groups is 3. The molecule has 0 atom stereocenters. The SMILES string of the molecule is COC(=O)c1ccc(NC(=O)CN(Cc2cccc(C)c2)C(C)=O)cc1. The average Bonchev–Trinajstić information content (AvgIpc) is 2.61. The van der Waals surface area contributed by atoms with Crippen molar-refractivity contribution in [2.75, 3.05) is 19.0 Å². The first-order chi connectivity index (χ1) is 12.4. The molecule has 2 amide bonds. The third kappa shape index (κ3) is 5.44. The van der Waals surface area contributed by atoms with Gasteiger partial charge in [-0.3, -0.25) is 9.59 Å². The van der Waals surface area contributed by atoms with Crippen LogP contribution in [0.5, 0.6) is 0 Å². The molecule has 0 unspecified atom stereocenters. The van der Waals surface area contributed by atoms with Crippen LogP contribution >= 0.6 is 0 Å². The highest BCUT2D eigenvalue weighted by Crippen LogP contribution is 2.12. The van der Waals surface area contributed by atoms with Crippen molar-refractivity contribution >= 4 is 23.5 Å². The largest absolute Gasteiger partial charge is 0.465 e. The minimum Gasteiger partial charge on any atom is -0.465 e. The number of amides is 2. The lowest BCUT2D eigenvalue weighted by atomic mass is 10.1. The van der Waals surface area contributed by atoms with E-state index in [0.29, 0.717) is 17.8 Å². The van der Waals surface area contributed by atoms with Crippen molar-refractivity contribution in [1.29, 1.82) is 0 Å². The highest BCUT2D eigenvalue weighted by atomic mass is 16.5. The molecule has 0 aliphatic rings. The van der Waals surface area contributed by atoms with Crippen LogP contribution in [0.3, 0.4) is 0 Å². The van der Waals surface area contributed by atoms with Gasteiger partial charge in [0.25, 0.3) is 0 Å². The molecule has 0 aliphatic heterocycles. The van der Waals surface area contributed by atoms with Gasteiger partial charge in [-0.1, -0.05) is 29.8 Å². The van der Waals surface area contributed by atoms with Crippen molar-refractivity contribution in [2.45, 2.75) is 20.4 Å². The fourth-order valence-corrected chi connectivity index (χ4v) is 2.49. The number of aryl methyl sites for hydroxylation is 1. The molecule has 2 rings (SSSR count). The van der Waals surface area contributed by atoms with Gasteiger partial charge in [-0.05, 0) is 36.8 Å². The molecule has 6 nitrogen and oxygen atoms in total. The summed E-state index contributed by atoms with van der Waals surface area (Å²) in [6, 6.07) is 14.2. The minimum absolute atomic E-state index is 0.0535. The summed E-state index contributed by atoms with van der Waals surface area (Å²) in [6.45, 7) is 3.73. The Bertz CT molecular complexity index is 800. The molecule has 0 spiro atoms. The van der Waals surface area contributed by atoms with E-state index in [1.54, 1.807) is 24.3 Å². The molecule has 0 bridgehead atoms. The first-order valence-corrected chi connectivity index (χ1v) is 8.18. The van der Waals surface area contributed by atoms with Gasteiger partial charge >= 0.3 is 5.97 Å². The second-order valence-electron chi connectivity index (χ2n) is 5.98. The maximum Gasteiger partial charge on any atom is 0.337 e. The Labute approximate surface area is 152 Å². The van der Waals surface area contributed by atoms with E-state index >= 15 is 0 Å². The van der Waals surface area contributed by atoms with Gasteiger partial charge in [-0.25, -0.2) is 4.79 Å². The van der Waals surface area contributed by atoms with Gasteiger partial charge in [0, 0.05) is 19.2 Å². The van der Waals surface area contributed by atoms with Crippen molar-refractivity contribution in [1.82, 2.24) is 4.90 Å². The van der Waals surface area contributed by atoms with Crippen LogP contribution in [0.2, 0.25) is 0 Å². The molecule has 0 fully saturated rings. The number of anilines is 1.